The van der Waals surface area contributed by atoms with Crippen LogP contribution in [0.2, 0.25) is 0 Å². The van der Waals surface area contributed by atoms with Crippen molar-refractivity contribution >= 4 is 23.8 Å². The quantitative estimate of drug-likeness (QED) is 0.752. The predicted octanol–water partition coefficient (Wildman–Crippen LogP) is 3.76. The van der Waals surface area contributed by atoms with E-state index in [4.69, 9.17) is 9.15 Å². The number of thioether (sulfide) groups is 1. The van der Waals surface area contributed by atoms with Crippen LogP contribution in [0.1, 0.15) is 55.8 Å². The van der Waals surface area contributed by atoms with Crippen LogP contribution in [0.4, 0.5) is 4.79 Å². The molecule has 1 aromatic rings. The number of carbonyl (C=O) groups is 2. The number of hydrogen-bond acceptors (Lipinski definition) is 5. The van der Waals surface area contributed by atoms with Crippen LogP contribution >= 0.6 is 11.8 Å². The molecule has 2 aliphatic rings. The molecule has 1 aromatic heterocycles. The van der Waals surface area contributed by atoms with E-state index in [-0.39, 0.29) is 18.0 Å². The molecule has 1 atom stereocenters. The van der Waals surface area contributed by atoms with E-state index in [0.29, 0.717) is 38.2 Å². The summed E-state index contributed by atoms with van der Waals surface area (Å²) in [6.45, 7) is 6.00. The molecule has 0 bridgehead atoms. The topological polar surface area (TPSA) is 63.0 Å². The summed E-state index contributed by atoms with van der Waals surface area (Å²) in [4.78, 5) is 28.6. The number of piperidine rings is 1. The van der Waals surface area contributed by atoms with E-state index < -0.39 is 5.60 Å². The van der Waals surface area contributed by atoms with Gasteiger partial charge in [0, 0.05) is 32.0 Å². The second-order valence-corrected chi connectivity index (χ2v) is 8.17. The van der Waals surface area contributed by atoms with Gasteiger partial charge in [-0.05, 0) is 31.7 Å². The van der Waals surface area contributed by atoms with E-state index in [0.717, 1.165) is 24.4 Å². The van der Waals surface area contributed by atoms with Crippen molar-refractivity contribution in [3.05, 3.63) is 23.7 Å². The molecule has 3 heterocycles. The molecule has 7 heteroatoms. The van der Waals surface area contributed by atoms with E-state index in [1.165, 1.54) is 0 Å². The number of carbonyl (C=O) groups excluding carboxylic acids is 2. The van der Waals surface area contributed by atoms with Crippen LogP contribution in [-0.2, 0) is 10.5 Å². The van der Waals surface area contributed by atoms with Gasteiger partial charge in [0.25, 0.3) is 5.91 Å². The van der Waals surface area contributed by atoms with Gasteiger partial charge in [-0.2, -0.15) is 11.8 Å². The van der Waals surface area contributed by atoms with E-state index >= 15 is 0 Å². The highest BCUT2D eigenvalue weighted by atomic mass is 32.2. The third kappa shape index (κ3) is 3.87. The Bertz CT molecular complexity index is 652. The van der Waals surface area contributed by atoms with Crippen LogP contribution < -0.4 is 0 Å². The van der Waals surface area contributed by atoms with Gasteiger partial charge < -0.3 is 19.0 Å². The molecule has 26 heavy (non-hydrogen) atoms. The number of nitrogens with zero attached hydrogens (tertiary/aromatic N) is 2. The molecule has 0 N–H and O–H groups in total. The maximum atomic E-state index is 12.6. The summed E-state index contributed by atoms with van der Waals surface area (Å²) in [5, 5.41) is 0. The van der Waals surface area contributed by atoms with E-state index in [1.54, 1.807) is 22.7 Å². The monoisotopic (exact) mass is 380 g/mol. The lowest BCUT2D eigenvalue weighted by Gasteiger charge is -2.37. The highest BCUT2D eigenvalue weighted by Crippen LogP contribution is 2.35. The summed E-state index contributed by atoms with van der Waals surface area (Å²) in [6.07, 6.45) is 5.17. The van der Waals surface area contributed by atoms with Gasteiger partial charge in [0.2, 0.25) is 0 Å². The van der Waals surface area contributed by atoms with Gasteiger partial charge in [-0.15, -0.1) is 0 Å². The van der Waals surface area contributed by atoms with Gasteiger partial charge in [0.15, 0.2) is 5.76 Å². The first-order valence-corrected chi connectivity index (χ1v) is 10.7. The van der Waals surface area contributed by atoms with Crippen molar-refractivity contribution in [2.75, 3.05) is 25.9 Å². The number of amides is 2. The van der Waals surface area contributed by atoms with Gasteiger partial charge in [0.1, 0.15) is 11.4 Å². The minimum absolute atomic E-state index is 0.0762. The summed E-state index contributed by atoms with van der Waals surface area (Å²) < 4.78 is 11.4. The van der Waals surface area contributed by atoms with Gasteiger partial charge in [-0.3, -0.25) is 4.79 Å². The molecular formula is C19H28N2O4S. The standard InChI is InChI=1S/C19H28N2O4S/c1-4-5-14(2)21-13-19(25-18(21)23)8-10-20(11-9-19)17(22)16-7-6-15(24-16)12-26-3/h6-7,14H,4-5,8-13H2,1-3H3/t14-/m1/s1. The first-order chi connectivity index (χ1) is 12.5. The fraction of sp³-hybridized carbons (Fsp3) is 0.684. The fourth-order valence-electron chi connectivity index (χ4n) is 3.81. The Morgan fingerprint density at radius 3 is 2.73 bits per heavy atom. The molecule has 0 aromatic carbocycles. The lowest BCUT2D eigenvalue weighted by Crippen LogP contribution is -2.49. The van der Waals surface area contributed by atoms with E-state index in [9.17, 15) is 9.59 Å². The zero-order valence-electron chi connectivity index (χ0n) is 15.8. The van der Waals surface area contributed by atoms with Crippen LogP contribution in [0.5, 0.6) is 0 Å². The predicted molar refractivity (Wildman–Crippen MR) is 101 cm³/mol. The van der Waals surface area contributed by atoms with Gasteiger partial charge in [-0.1, -0.05) is 13.3 Å². The molecule has 1 spiro atoms. The van der Waals surface area contributed by atoms with E-state index in [2.05, 4.69) is 13.8 Å². The zero-order chi connectivity index (χ0) is 18.7. The van der Waals surface area contributed by atoms with E-state index in [1.807, 2.05) is 17.2 Å². The Kier molecular flexibility index (Phi) is 5.85. The largest absolute Gasteiger partial charge is 0.455 e. The fourth-order valence-corrected chi connectivity index (χ4v) is 4.25. The summed E-state index contributed by atoms with van der Waals surface area (Å²) in [6, 6.07) is 3.81. The zero-order valence-corrected chi connectivity index (χ0v) is 16.6. The molecule has 2 fully saturated rings. The van der Waals surface area contributed by atoms with Crippen molar-refractivity contribution in [1.29, 1.82) is 0 Å². The molecular weight excluding hydrogens is 352 g/mol. The third-order valence-corrected chi connectivity index (χ3v) is 5.93. The summed E-state index contributed by atoms with van der Waals surface area (Å²) in [5.41, 5.74) is -0.441. The average Bonchev–Trinajstić information content (AvgIpc) is 3.21. The normalized spacial score (nSPS) is 20.5. The number of rotatable bonds is 6. The second kappa shape index (κ2) is 7.94. The molecule has 6 nitrogen and oxygen atoms in total. The smallest absolute Gasteiger partial charge is 0.410 e. The molecule has 2 saturated heterocycles. The number of ether oxygens (including phenoxy) is 1. The Morgan fingerprint density at radius 1 is 1.35 bits per heavy atom. The molecule has 3 rings (SSSR count). The molecule has 0 unspecified atom stereocenters. The summed E-state index contributed by atoms with van der Waals surface area (Å²) in [7, 11) is 0. The van der Waals surface area contributed by atoms with Crippen LogP contribution in [0.15, 0.2) is 16.5 Å². The maximum Gasteiger partial charge on any atom is 0.410 e. The van der Waals surface area contributed by atoms with Crippen LogP contribution in [0, 0.1) is 0 Å². The van der Waals surface area contributed by atoms with Gasteiger partial charge in [0.05, 0.1) is 12.3 Å². The van der Waals surface area contributed by atoms with Crippen molar-refractivity contribution in [1.82, 2.24) is 9.80 Å². The number of furan rings is 1. The molecule has 2 aliphatic heterocycles. The Hall–Kier alpha value is -1.63. The highest BCUT2D eigenvalue weighted by Gasteiger charge is 2.48. The SMILES string of the molecule is CCC[C@@H](C)N1CC2(CCN(C(=O)c3ccc(CSC)o3)CC2)OC1=O. The van der Waals surface area contributed by atoms with Crippen molar-refractivity contribution in [3.8, 4) is 0 Å². The second-order valence-electron chi connectivity index (χ2n) is 7.31. The summed E-state index contributed by atoms with van der Waals surface area (Å²) in [5.74, 6) is 1.90. The van der Waals surface area contributed by atoms with Crippen molar-refractivity contribution in [3.63, 3.8) is 0 Å². The van der Waals surface area contributed by atoms with Gasteiger partial charge in [-0.25, -0.2) is 4.79 Å². The highest BCUT2D eigenvalue weighted by molar-refractivity contribution is 7.97. The Labute approximate surface area is 159 Å². The first kappa shape index (κ1) is 19.1. The van der Waals surface area contributed by atoms with Crippen LogP contribution in [0.25, 0.3) is 0 Å². The van der Waals surface area contributed by atoms with Crippen molar-refractivity contribution in [2.45, 2.75) is 56.9 Å². The number of likely N-dealkylation sites (tertiary alicyclic amines) is 1. The van der Waals surface area contributed by atoms with Crippen LogP contribution in [-0.4, -0.2) is 59.3 Å². The minimum Gasteiger partial charge on any atom is -0.455 e. The summed E-state index contributed by atoms with van der Waals surface area (Å²) >= 11 is 1.66. The molecule has 2 amide bonds. The first-order valence-electron chi connectivity index (χ1n) is 9.34. The van der Waals surface area contributed by atoms with Crippen molar-refractivity contribution in [2.24, 2.45) is 0 Å². The third-order valence-electron chi connectivity index (χ3n) is 5.36. The molecule has 0 aliphatic carbocycles. The maximum absolute atomic E-state index is 12.6. The Balaban J connectivity index is 1.58. The Morgan fingerprint density at radius 2 is 2.08 bits per heavy atom. The van der Waals surface area contributed by atoms with Crippen molar-refractivity contribution < 1.29 is 18.7 Å². The molecule has 0 saturated carbocycles. The number of hydrogen-bond donors (Lipinski definition) is 0. The van der Waals surface area contributed by atoms with Gasteiger partial charge >= 0.3 is 6.09 Å². The molecule has 144 valence electrons. The average molecular weight is 381 g/mol. The molecule has 0 radical (unpaired) electrons. The lowest BCUT2D eigenvalue weighted by molar-refractivity contribution is 0.00216. The van der Waals surface area contributed by atoms with Crippen LogP contribution in [0.3, 0.4) is 0 Å². The lowest BCUT2D eigenvalue weighted by atomic mass is 9.91. The minimum atomic E-state index is -0.441.